The van der Waals surface area contributed by atoms with Gasteiger partial charge in [0, 0.05) is 41.9 Å². The Morgan fingerprint density at radius 1 is 1.26 bits per heavy atom. The van der Waals surface area contributed by atoms with Crippen LogP contribution in [0.3, 0.4) is 0 Å². The molecule has 9 heteroatoms. The summed E-state index contributed by atoms with van der Waals surface area (Å²) in [4.78, 5) is 4.12. The smallest absolute Gasteiger partial charge is 0.250 e. The summed E-state index contributed by atoms with van der Waals surface area (Å²) in [6, 6.07) is 1.99. The molecule has 188 valence electrons. The Morgan fingerprint density at radius 3 is 2.86 bits per heavy atom. The maximum Gasteiger partial charge on any atom is 0.250 e. The third kappa shape index (κ3) is 4.71. The fourth-order valence-corrected chi connectivity index (χ4v) is 5.38. The number of nitrogens with zero attached hydrogens (tertiary/aromatic N) is 5. The van der Waals surface area contributed by atoms with Gasteiger partial charge in [0.1, 0.15) is 0 Å². The van der Waals surface area contributed by atoms with E-state index in [9.17, 15) is 4.39 Å². The molecule has 2 aliphatic heterocycles. The van der Waals surface area contributed by atoms with Gasteiger partial charge in [0.05, 0.1) is 49.8 Å². The van der Waals surface area contributed by atoms with E-state index >= 15 is 0 Å². The highest BCUT2D eigenvalue weighted by Crippen LogP contribution is 2.33. The predicted octanol–water partition coefficient (Wildman–Crippen LogP) is 3.73. The molecule has 35 heavy (non-hydrogen) atoms. The number of rotatable bonds is 6. The van der Waals surface area contributed by atoms with Crippen LogP contribution < -0.4 is 10.1 Å². The molecule has 0 aliphatic carbocycles. The maximum atomic E-state index is 14.5. The van der Waals surface area contributed by atoms with Crippen LogP contribution in [0.4, 0.5) is 4.39 Å². The Labute approximate surface area is 205 Å². The van der Waals surface area contributed by atoms with Gasteiger partial charge in [-0.05, 0) is 44.6 Å². The average Bonchev–Trinajstić information content (AvgIpc) is 3.28. The largest absolute Gasteiger partial charge is 0.479 e. The van der Waals surface area contributed by atoms with E-state index in [1.807, 2.05) is 10.9 Å². The first-order valence-corrected chi connectivity index (χ1v) is 12.6. The quantitative estimate of drug-likeness (QED) is 0.577. The van der Waals surface area contributed by atoms with Gasteiger partial charge in [-0.3, -0.25) is 4.68 Å². The minimum Gasteiger partial charge on any atom is -0.479 e. The standard InChI is InChI=1S/C26H35FN6O2/c1-16(2)23-11-18(5-8-28-23)15-32-17(3)21(14-30-32)25-20-6-9-35-10-7-24(20)33(31-25)19-12-22(27)26(34-4)29-13-19/h12-14,16,18,23,28H,5-11,15H2,1-4H3/t18-,23+/m0/s1. The molecule has 5 rings (SSSR count). The number of methoxy groups -OCH3 is 1. The molecule has 0 bridgehead atoms. The van der Waals surface area contributed by atoms with Crippen molar-refractivity contribution in [2.24, 2.45) is 11.8 Å². The summed E-state index contributed by atoms with van der Waals surface area (Å²) in [5.74, 6) is 0.703. The van der Waals surface area contributed by atoms with Crippen LogP contribution in [0.15, 0.2) is 18.5 Å². The summed E-state index contributed by atoms with van der Waals surface area (Å²) in [6.45, 7) is 9.91. The van der Waals surface area contributed by atoms with Crippen LogP contribution >= 0.6 is 0 Å². The summed E-state index contributed by atoms with van der Waals surface area (Å²) in [6.07, 6.45) is 7.32. The van der Waals surface area contributed by atoms with Gasteiger partial charge in [-0.15, -0.1) is 0 Å². The van der Waals surface area contributed by atoms with E-state index in [1.54, 1.807) is 6.20 Å². The van der Waals surface area contributed by atoms with Crippen molar-refractivity contribution in [3.8, 4) is 22.8 Å². The SMILES string of the molecule is COc1ncc(-n2nc(-c3cnn(C[C@H]4CCN[C@@H](C(C)C)C4)c3C)c3c2CCOCC3)cc1F. The molecular weight excluding hydrogens is 447 g/mol. The Hall–Kier alpha value is -2.78. The molecule has 0 aromatic carbocycles. The number of ether oxygens (including phenoxy) is 2. The molecule has 1 fully saturated rings. The van der Waals surface area contributed by atoms with Crippen LogP contribution in [0.25, 0.3) is 16.9 Å². The zero-order chi connectivity index (χ0) is 24.5. The van der Waals surface area contributed by atoms with Crippen molar-refractivity contribution in [3.63, 3.8) is 0 Å². The van der Waals surface area contributed by atoms with E-state index in [0.29, 0.717) is 43.2 Å². The molecule has 3 aromatic heterocycles. The summed E-state index contributed by atoms with van der Waals surface area (Å²) in [5, 5.41) is 13.4. The molecule has 8 nitrogen and oxygen atoms in total. The molecule has 0 saturated carbocycles. The van der Waals surface area contributed by atoms with Crippen molar-refractivity contribution in [2.75, 3.05) is 26.9 Å². The molecule has 0 radical (unpaired) electrons. The Morgan fingerprint density at radius 2 is 2.09 bits per heavy atom. The second-order valence-corrected chi connectivity index (χ2v) is 10.0. The summed E-state index contributed by atoms with van der Waals surface area (Å²) < 4.78 is 29.2. The summed E-state index contributed by atoms with van der Waals surface area (Å²) >= 11 is 0. The molecule has 0 unspecified atom stereocenters. The lowest BCUT2D eigenvalue weighted by Gasteiger charge is -2.33. The van der Waals surface area contributed by atoms with E-state index in [2.05, 4.69) is 35.8 Å². The first-order chi connectivity index (χ1) is 17.0. The Kier molecular flexibility index (Phi) is 6.88. The Bertz CT molecular complexity index is 1190. The minimum absolute atomic E-state index is 0.0229. The Balaban J connectivity index is 1.48. The van der Waals surface area contributed by atoms with E-state index in [4.69, 9.17) is 19.7 Å². The molecule has 3 aromatic rings. The van der Waals surface area contributed by atoms with Gasteiger partial charge in [0.15, 0.2) is 5.82 Å². The molecular formula is C26H35FN6O2. The van der Waals surface area contributed by atoms with Gasteiger partial charge in [0.25, 0.3) is 0 Å². The lowest BCUT2D eigenvalue weighted by atomic mass is 9.87. The zero-order valence-corrected chi connectivity index (χ0v) is 21.1. The highest BCUT2D eigenvalue weighted by atomic mass is 19.1. The van der Waals surface area contributed by atoms with Gasteiger partial charge in [-0.2, -0.15) is 10.2 Å². The summed E-state index contributed by atoms with van der Waals surface area (Å²) in [7, 11) is 1.41. The second-order valence-electron chi connectivity index (χ2n) is 10.0. The number of aromatic nitrogens is 5. The third-order valence-corrected chi connectivity index (χ3v) is 7.44. The first kappa shape index (κ1) is 23.9. The second kappa shape index (κ2) is 10.1. The lowest BCUT2D eigenvalue weighted by Crippen LogP contribution is -2.42. The van der Waals surface area contributed by atoms with Gasteiger partial charge >= 0.3 is 0 Å². The minimum atomic E-state index is -0.508. The number of pyridine rings is 1. The van der Waals surface area contributed by atoms with Crippen LogP contribution in [0, 0.1) is 24.6 Å². The third-order valence-electron chi connectivity index (χ3n) is 7.44. The van der Waals surface area contributed by atoms with Crippen LogP contribution in [0.2, 0.25) is 0 Å². The predicted molar refractivity (Wildman–Crippen MR) is 131 cm³/mol. The van der Waals surface area contributed by atoms with Crippen LogP contribution in [0.1, 0.15) is 43.6 Å². The first-order valence-electron chi connectivity index (χ1n) is 12.6. The summed E-state index contributed by atoms with van der Waals surface area (Å²) in [5.41, 5.74) is 5.79. The monoisotopic (exact) mass is 482 g/mol. The van der Waals surface area contributed by atoms with Crippen molar-refractivity contribution in [3.05, 3.63) is 41.2 Å². The molecule has 0 spiro atoms. The lowest BCUT2D eigenvalue weighted by molar-refractivity contribution is 0.145. The molecule has 5 heterocycles. The van der Waals surface area contributed by atoms with E-state index in [1.165, 1.54) is 19.6 Å². The van der Waals surface area contributed by atoms with Gasteiger partial charge in [-0.25, -0.2) is 14.1 Å². The molecule has 1 N–H and O–H groups in total. The van der Waals surface area contributed by atoms with Gasteiger partial charge < -0.3 is 14.8 Å². The number of nitrogens with one attached hydrogen (secondary N) is 1. The molecule has 2 atom stereocenters. The number of hydrogen-bond acceptors (Lipinski definition) is 6. The van der Waals surface area contributed by atoms with Crippen molar-refractivity contribution < 1.29 is 13.9 Å². The topological polar surface area (TPSA) is 79.0 Å². The maximum absolute atomic E-state index is 14.5. The van der Waals surface area contributed by atoms with Crippen molar-refractivity contribution in [2.45, 2.75) is 59.0 Å². The number of piperidine rings is 1. The number of halogens is 1. The van der Waals surface area contributed by atoms with Crippen molar-refractivity contribution >= 4 is 0 Å². The zero-order valence-electron chi connectivity index (χ0n) is 21.1. The van der Waals surface area contributed by atoms with E-state index in [-0.39, 0.29) is 5.88 Å². The van der Waals surface area contributed by atoms with E-state index < -0.39 is 5.82 Å². The number of hydrogen-bond donors (Lipinski definition) is 1. The van der Waals surface area contributed by atoms with Gasteiger partial charge in [-0.1, -0.05) is 13.8 Å². The van der Waals surface area contributed by atoms with Crippen LogP contribution in [0.5, 0.6) is 5.88 Å². The normalized spacial score (nSPS) is 20.6. The number of fused-ring (bicyclic) bond motifs is 1. The van der Waals surface area contributed by atoms with Crippen molar-refractivity contribution in [1.82, 2.24) is 29.9 Å². The highest BCUT2D eigenvalue weighted by molar-refractivity contribution is 5.67. The highest BCUT2D eigenvalue weighted by Gasteiger charge is 2.27. The molecule has 2 aliphatic rings. The molecule has 1 saturated heterocycles. The van der Waals surface area contributed by atoms with Gasteiger partial charge in [0.2, 0.25) is 5.88 Å². The van der Waals surface area contributed by atoms with Crippen LogP contribution in [-0.4, -0.2) is 57.5 Å². The average molecular weight is 483 g/mol. The fourth-order valence-electron chi connectivity index (χ4n) is 5.38. The molecule has 0 amide bonds. The fraction of sp³-hybridized carbons (Fsp3) is 0.577. The van der Waals surface area contributed by atoms with Crippen LogP contribution in [-0.2, 0) is 24.1 Å². The van der Waals surface area contributed by atoms with Crippen molar-refractivity contribution in [1.29, 1.82) is 0 Å². The van der Waals surface area contributed by atoms with E-state index in [0.717, 1.165) is 54.1 Å².